The fraction of sp³-hybridized carbons (Fsp3) is 0.333. The summed E-state index contributed by atoms with van der Waals surface area (Å²) >= 11 is 1.18. The maximum Gasteiger partial charge on any atom is 0.239 e. The molecule has 2 N–H and O–H groups in total. The number of benzene rings is 1. The van der Waals surface area contributed by atoms with Gasteiger partial charge in [0.15, 0.2) is 0 Å². The molecule has 1 aliphatic rings. The van der Waals surface area contributed by atoms with E-state index in [0.717, 1.165) is 6.42 Å². The van der Waals surface area contributed by atoms with Crippen molar-refractivity contribution in [2.75, 3.05) is 18.0 Å². The number of carbonyl (C=O) groups excluding carboxylic acids is 2. The molecule has 1 fully saturated rings. The van der Waals surface area contributed by atoms with E-state index in [1.54, 1.807) is 6.07 Å². The zero-order chi connectivity index (χ0) is 13.1. The number of anilines is 1. The van der Waals surface area contributed by atoms with Crippen LogP contribution in [0.15, 0.2) is 23.1 Å². The van der Waals surface area contributed by atoms with Crippen LogP contribution in [-0.2, 0) is 9.59 Å². The highest BCUT2D eigenvalue weighted by Crippen LogP contribution is 2.23. The van der Waals surface area contributed by atoms with E-state index in [2.05, 4.69) is 0 Å². The molecule has 0 saturated carbocycles. The molecular weight excluding hydrogens is 255 g/mol. The molecule has 96 valence electrons. The lowest BCUT2D eigenvalue weighted by Gasteiger charge is -2.13. The number of amides is 2. The van der Waals surface area contributed by atoms with Crippen LogP contribution in [0.5, 0.6) is 0 Å². The van der Waals surface area contributed by atoms with Gasteiger partial charge in [-0.05, 0) is 24.6 Å². The van der Waals surface area contributed by atoms with Crippen molar-refractivity contribution in [3.63, 3.8) is 0 Å². The predicted octanol–water partition coefficient (Wildman–Crippen LogP) is 1.65. The quantitative estimate of drug-likeness (QED) is 0.669. The third kappa shape index (κ3) is 3.01. The largest absolute Gasteiger partial charge is 0.399 e. The molecule has 0 radical (unpaired) electrons. The molecule has 18 heavy (non-hydrogen) atoms. The van der Waals surface area contributed by atoms with Crippen LogP contribution in [0.4, 0.5) is 10.1 Å². The molecule has 1 aromatic carbocycles. The van der Waals surface area contributed by atoms with E-state index in [4.69, 9.17) is 5.73 Å². The summed E-state index contributed by atoms with van der Waals surface area (Å²) in [5.41, 5.74) is 5.83. The molecule has 0 aromatic heterocycles. The SMILES string of the molecule is Nc1cc(F)cc(SCC(=O)N2CCCC2=O)c1. The second kappa shape index (κ2) is 5.39. The maximum absolute atomic E-state index is 13.1. The zero-order valence-electron chi connectivity index (χ0n) is 9.69. The van der Waals surface area contributed by atoms with Crippen LogP contribution in [0.1, 0.15) is 12.8 Å². The fourth-order valence-electron chi connectivity index (χ4n) is 1.80. The van der Waals surface area contributed by atoms with E-state index in [0.29, 0.717) is 23.5 Å². The van der Waals surface area contributed by atoms with E-state index in [9.17, 15) is 14.0 Å². The van der Waals surface area contributed by atoms with Crippen molar-refractivity contribution in [2.24, 2.45) is 0 Å². The molecule has 1 heterocycles. The number of nitrogens with zero attached hydrogens (tertiary/aromatic N) is 1. The Morgan fingerprint density at radius 2 is 2.22 bits per heavy atom. The molecule has 2 amide bonds. The molecule has 0 bridgehead atoms. The van der Waals surface area contributed by atoms with Crippen molar-refractivity contribution in [2.45, 2.75) is 17.7 Å². The van der Waals surface area contributed by atoms with Crippen molar-refractivity contribution in [1.82, 2.24) is 4.90 Å². The number of rotatable bonds is 3. The normalized spacial score (nSPS) is 15.2. The number of nitrogens with two attached hydrogens (primary N) is 1. The Hall–Kier alpha value is -1.56. The minimum absolute atomic E-state index is 0.120. The lowest BCUT2D eigenvalue weighted by Crippen LogP contribution is -2.33. The number of halogens is 1. The van der Waals surface area contributed by atoms with Gasteiger partial charge in [0.1, 0.15) is 5.82 Å². The van der Waals surface area contributed by atoms with E-state index in [1.165, 1.54) is 28.8 Å². The summed E-state index contributed by atoms with van der Waals surface area (Å²) in [7, 11) is 0. The van der Waals surface area contributed by atoms with Crippen molar-refractivity contribution in [3.05, 3.63) is 24.0 Å². The van der Waals surface area contributed by atoms with Crippen LogP contribution in [0.25, 0.3) is 0 Å². The first-order chi connectivity index (χ1) is 8.56. The first-order valence-electron chi connectivity index (χ1n) is 5.58. The van der Waals surface area contributed by atoms with Crippen LogP contribution >= 0.6 is 11.8 Å². The van der Waals surface area contributed by atoms with E-state index < -0.39 is 5.82 Å². The van der Waals surface area contributed by atoms with Gasteiger partial charge in [-0.25, -0.2) is 4.39 Å². The molecule has 1 aliphatic heterocycles. The van der Waals surface area contributed by atoms with Gasteiger partial charge in [-0.3, -0.25) is 14.5 Å². The molecule has 0 unspecified atom stereocenters. The van der Waals surface area contributed by atoms with E-state index >= 15 is 0 Å². The highest BCUT2D eigenvalue weighted by atomic mass is 32.2. The lowest BCUT2D eigenvalue weighted by molar-refractivity contribution is -0.140. The number of likely N-dealkylation sites (tertiary alicyclic amines) is 1. The average Bonchev–Trinajstić information content (AvgIpc) is 2.71. The van der Waals surface area contributed by atoms with E-state index in [-0.39, 0.29) is 17.6 Å². The Morgan fingerprint density at radius 1 is 1.44 bits per heavy atom. The van der Waals surface area contributed by atoms with Gasteiger partial charge >= 0.3 is 0 Å². The first-order valence-corrected chi connectivity index (χ1v) is 6.57. The van der Waals surface area contributed by atoms with Gasteiger partial charge in [0.2, 0.25) is 11.8 Å². The summed E-state index contributed by atoms with van der Waals surface area (Å²) in [5, 5.41) is 0. The predicted molar refractivity (Wildman–Crippen MR) is 67.5 cm³/mol. The molecule has 4 nitrogen and oxygen atoms in total. The van der Waals surface area contributed by atoms with Gasteiger partial charge in [0.25, 0.3) is 0 Å². The van der Waals surface area contributed by atoms with Crippen molar-refractivity contribution >= 4 is 29.3 Å². The second-order valence-corrected chi connectivity index (χ2v) is 5.10. The Labute approximate surface area is 108 Å². The standard InChI is InChI=1S/C12H13FN2O2S/c13-8-4-9(14)6-10(5-8)18-7-12(17)15-3-1-2-11(15)16/h4-6H,1-3,7,14H2. The molecule has 0 aliphatic carbocycles. The van der Waals surface area contributed by atoms with Gasteiger partial charge in [-0.2, -0.15) is 0 Å². The molecule has 0 atom stereocenters. The summed E-state index contributed by atoms with van der Waals surface area (Å²) < 4.78 is 13.1. The Balaban J connectivity index is 1.95. The Morgan fingerprint density at radius 3 is 2.83 bits per heavy atom. The second-order valence-electron chi connectivity index (χ2n) is 4.05. The lowest BCUT2D eigenvalue weighted by atomic mass is 10.3. The summed E-state index contributed by atoms with van der Waals surface area (Å²) in [4.78, 5) is 25.0. The van der Waals surface area contributed by atoms with Gasteiger partial charge < -0.3 is 5.73 Å². The molecule has 1 aromatic rings. The van der Waals surface area contributed by atoms with Crippen molar-refractivity contribution in [1.29, 1.82) is 0 Å². The number of imide groups is 1. The number of nitrogen functional groups attached to an aromatic ring is 1. The molecular formula is C12H13FN2O2S. The molecule has 6 heteroatoms. The average molecular weight is 268 g/mol. The van der Waals surface area contributed by atoms with Crippen LogP contribution < -0.4 is 5.73 Å². The zero-order valence-corrected chi connectivity index (χ0v) is 10.5. The molecule has 2 rings (SSSR count). The first kappa shape index (κ1) is 12.9. The summed E-state index contributed by atoms with van der Waals surface area (Å²) in [6.45, 7) is 0.490. The van der Waals surface area contributed by atoms with Crippen LogP contribution in [0.2, 0.25) is 0 Å². The third-order valence-corrected chi connectivity index (χ3v) is 3.59. The van der Waals surface area contributed by atoms with Crippen LogP contribution in [0, 0.1) is 5.82 Å². The Kier molecular flexibility index (Phi) is 3.86. The van der Waals surface area contributed by atoms with Gasteiger partial charge in [-0.1, -0.05) is 0 Å². The van der Waals surface area contributed by atoms with Crippen LogP contribution in [0.3, 0.4) is 0 Å². The molecule has 1 saturated heterocycles. The van der Waals surface area contributed by atoms with Crippen molar-refractivity contribution < 1.29 is 14.0 Å². The van der Waals surface area contributed by atoms with Crippen molar-refractivity contribution in [3.8, 4) is 0 Å². The maximum atomic E-state index is 13.1. The minimum Gasteiger partial charge on any atom is -0.399 e. The summed E-state index contributed by atoms with van der Waals surface area (Å²) in [6.07, 6.45) is 1.16. The third-order valence-electron chi connectivity index (χ3n) is 2.63. The number of hydrogen-bond acceptors (Lipinski definition) is 4. The highest BCUT2D eigenvalue weighted by Gasteiger charge is 2.25. The fourth-order valence-corrected chi connectivity index (χ4v) is 2.66. The van der Waals surface area contributed by atoms with Gasteiger partial charge in [0.05, 0.1) is 5.75 Å². The van der Waals surface area contributed by atoms with Gasteiger partial charge in [-0.15, -0.1) is 11.8 Å². The number of carbonyl (C=O) groups is 2. The van der Waals surface area contributed by atoms with Gasteiger partial charge in [0, 0.05) is 23.5 Å². The summed E-state index contributed by atoms with van der Waals surface area (Å²) in [5.74, 6) is -0.666. The smallest absolute Gasteiger partial charge is 0.239 e. The molecule has 0 spiro atoms. The Bertz CT molecular complexity index is 473. The monoisotopic (exact) mass is 268 g/mol. The number of thioether (sulfide) groups is 1. The summed E-state index contributed by atoms with van der Waals surface area (Å²) in [6, 6.07) is 4.14. The topological polar surface area (TPSA) is 63.4 Å². The highest BCUT2D eigenvalue weighted by molar-refractivity contribution is 8.00. The number of hydrogen-bond donors (Lipinski definition) is 1. The minimum atomic E-state index is -0.429. The van der Waals surface area contributed by atoms with Crippen LogP contribution in [-0.4, -0.2) is 29.0 Å². The van der Waals surface area contributed by atoms with E-state index in [1.807, 2.05) is 0 Å².